The van der Waals surface area contributed by atoms with Crippen molar-refractivity contribution in [2.45, 2.75) is 20.4 Å². The molecule has 0 spiro atoms. The number of pyridine rings is 1. The van der Waals surface area contributed by atoms with Crippen molar-refractivity contribution < 1.29 is 4.74 Å². The van der Waals surface area contributed by atoms with E-state index in [0.29, 0.717) is 24.8 Å². The number of nitrogens with zero attached hydrogens (tertiary/aromatic N) is 5. The molecular formula is C18H26N6O. The van der Waals surface area contributed by atoms with Crippen molar-refractivity contribution in [2.75, 3.05) is 49.5 Å². The van der Waals surface area contributed by atoms with Crippen LogP contribution in [0.25, 0.3) is 0 Å². The highest BCUT2D eigenvalue weighted by Crippen LogP contribution is 2.16. The molecule has 0 saturated carbocycles. The number of nitrogens with one attached hydrogen (secondary N) is 1. The van der Waals surface area contributed by atoms with Crippen molar-refractivity contribution in [3.8, 4) is 5.88 Å². The van der Waals surface area contributed by atoms with Crippen molar-refractivity contribution in [3.05, 3.63) is 36.3 Å². The van der Waals surface area contributed by atoms with Gasteiger partial charge >= 0.3 is 0 Å². The van der Waals surface area contributed by atoms with Crippen LogP contribution in [0.3, 0.4) is 0 Å². The average molecular weight is 342 g/mol. The molecule has 2 aromatic heterocycles. The van der Waals surface area contributed by atoms with E-state index in [2.05, 4.69) is 43.1 Å². The van der Waals surface area contributed by atoms with Gasteiger partial charge in [0.1, 0.15) is 11.6 Å². The van der Waals surface area contributed by atoms with Crippen LogP contribution in [0.1, 0.15) is 19.4 Å². The highest BCUT2D eigenvalue weighted by Gasteiger charge is 2.16. The van der Waals surface area contributed by atoms with Gasteiger partial charge in [-0.15, -0.1) is 0 Å². The topological polar surface area (TPSA) is 66.4 Å². The fraction of sp³-hybridized carbons (Fsp3) is 0.500. The monoisotopic (exact) mass is 342 g/mol. The van der Waals surface area contributed by atoms with E-state index in [1.807, 2.05) is 19.2 Å². The molecule has 0 amide bonds. The van der Waals surface area contributed by atoms with Gasteiger partial charge in [-0.3, -0.25) is 4.98 Å². The Balaban J connectivity index is 1.59. The maximum Gasteiger partial charge on any atom is 0.234 e. The lowest BCUT2D eigenvalue weighted by atomic mass is 10.2. The fourth-order valence-electron chi connectivity index (χ4n) is 2.88. The molecule has 134 valence electrons. The van der Waals surface area contributed by atoms with Gasteiger partial charge in [-0.05, 0) is 31.2 Å². The predicted octanol–water partition coefficient (Wildman–Crippen LogP) is 2.02. The van der Waals surface area contributed by atoms with Crippen LogP contribution in [0.2, 0.25) is 0 Å². The van der Waals surface area contributed by atoms with Gasteiger partial charge in [-0.1, -0.05) is 6.92 Å². The minimum absolute atomic E-state index is 0.539. The van der Waals surface area contributed by atoms with E-state index < -0.39 is 0 Å². The molecule has 0 bridgehead atoms. The van der Waals surface area contributed by atoms with Gasteiger partial charge in [-0.2, -0.15) is 4.98 Å². The maximum atomic E-state index is 5.38. The van der Waals surface area contributed by atoms with Crippen LogP contribution in [0, 0.1) is 0 Å². The minimum Gasteiger partial charge on any atom is -0.477 e. The van der Waals surface area contributed by atoms with Crippen LogP contribution in [-0.4, -0.2) is 59.2 Å². The molecule has 1 saturated heterocycles. The zero-order chi connectivity index (χ0) is 17.5. The van der Waals surface area contributed by atoms with E-state index in [1.54, 1.807) is 12.4 Å². The smallest absolute Gasteiger partial charge is 0.234 e. The van der Waals surface area contributed by atoms with Crippen LogP contribution in [-0.2, 0) is 6.54 Å². The van der Waals surface area contributed by atoms with Crippen molar-refractivity contribution in [2.24, 2.45) is 0 Å². The second-order valence-electron chi connectivity index (χ2n) is 5.97. The number of hydrogen-bond acceptors (Lipinski definition) is 7. The first-order chi connectivity index (χ1) is 12.3. The van der Waals surface area contributed by atoms with Gasteiger partial charge in [-0.25, -0.2) is 4.98 Å². The van der Waals surface area contributed by atoms with Gasteiger partial charge < -0.3 is 19.9 Å². The number of hydrogen-bond donors (Lipinski definition) is 1. The summed E-state index contributed by atoms with van der Waals surface area (Å²) in [5.41, 5.74) is 1.17. The van der Waals surface area contributed by atoms with E-state index >= 15 is 0 Å². The largest absolute Gasteiger partial charge is 0.477 e. The Bertz CT molecular complexity index is 672. The van der Waals surface area contributed by atoms with Gasteiger partial charge in [0.05, 0.1) is 19.0 Å². The molecule has 0 atom stereocenters. The van der Waals surface area contributed by atoms with Crippen LogP contribution in [0.15, 0.2) is 30.7 Å². The lowest BCUT2D eigenvalue weighted by molar-refractivity contribution is 0.270. The summed E-state index contributed by atoms with van der Waals surface area (Å²) >= 11 is 0. The van der Waals surface area contributed by atoms with E-state index in [0.717, 1.165) is 38.5 Å². The third-order valence-corrected chi connectivity index (χ3v) is 4.33. The van der Waals surface area contributed by atoms with Crippen LogP contribution < -0.4 is 15.0 Å². The third kappa shape index (κ3) is 4.79. The second kappa shape index (κ2) is 8.62. The van der Waals surface area contributed by atoms with Gasteiger partial charge in [0.15, 0.2) is 0 Å². The summed E-state index contributed by atoms with van der Waals surface area (Å²) in [6, 6.07) is 4.17. The van der Waals surface area contributed by atoms with Gasteiger partial charge in [0.2, 0.25) is 5.88 Å². The third-order valence-electron chi connectivity index (χ3n) is 4.33. The van der Waals surface area contributed by atoms with Crippen molar-refractivity contribution in [1.82, 2.24) is 19.9 Å². The molecule has 7 heteroatoms. The molecule has 3 rings (SSSR count). The molecule has 0 aliphatic carbocycles. The van der Waals surface area contributed by atoms with Crippen LogP contribution in [0.4, 0.5) is 11.6 Å². The maximum absolute atomic E-state index is 5.38. The molecule has 3 heterocycles. The molecule has 2 aromatic rings. The molecule has 7 nitrogen and oxygen atoms in total. The van der Waals surface area contributed by atoms with Crippen molar-refractivity contribution in [1.29, 1.82) is 0 Å². The molecule has 1 aliphatic heterocycles. The molecule has 1 aliphatic rings. The second-order valence-corrected chi connectivity index (χ2v) is 5.97. The summed E-state index contributed by atoms with van der Waals surface area (Å²) in [4.78, 5) is 17.9. The average Bonchev–Trinajstić information content (AvgIpc) is 2.67. The summed E-state index contributed by atoms with van der Waals surface area (Å²) in [5.74, 6) is 2.29. The first-order valence-electron chi connectivity index (χ1n) is 8.89. The Morgan fingerprint density at radius 3 is 2.76 bits per heavy atom. The Morgan fingerprint density at radius 1 is 1.16 bits per heavy atom. The molecule has 1 fully saturated rings. The molecule has 0 aromatic carbocycles. The first kappa shape index (κ1) is 17.4. The SMILES string of the molecule is CCOc1cncc(NCc2ccnc(N3CCN(CC)CC3)c2)n1. The van der Waals surface area contributed by atoms with Crippen molar-refractivity contribution in [3.63, 3.8) is 0 Å². The standard InChI is InChI=1S/C18H26N6O/c1-3-23-7-9-24(10-8-23)17-11-15(5-6-20-17)12-21-16-13-19-14-18(22-16)25-4-2/h5-6,11,13-14H,3-4,7-10,12H2,1-2H3,(H,21,22). The number of ether oxygens (including phenoxy) is 1. The summed E-state index contributed by atoms with van der Waals surface area (Å²) in [6.45, 7) is 10.8. The molecular weight excluding hydrogens is 316 g/mol. The highest BCUT2D eigenvalue weighted by molar-refractivity contribution is 5.43. The number of likely N-dealkylation sites (N-methyl/N-ethyl adjacent to an activating group) is 1. The molecule has 25 heavy (non-hydrogen) atoms. The predicted molar refractivity (Wildman–Crippen MR) is 99.1 cm³/mol. The Labute approximate surface area is 149 Å². The Hall–Kier alpha value is -2.41. The van der Waals surface area contributed by atoms with Crippen LogP contribution in [0.5, 0.6) is 5.88 Å². The van der Waals surface area contributed by atoms with E-state index in [4.69, 9.17) is 4.74 Å². The highest BCUT2D eigenvalue weighted by atomic mass is 16.5. The Kier molecular flexibility index (Phi) is 6.00. The lowest BCUT2D eigenvalue weighted by Gasteiger charge is -2.34. The molecule has 0 unspecified atom stereocenters. The Morgan fingerprint density at radius 2 is 2.00 bits per heavy atom. The summed E-state index contributed by atoms with van der Waals surface area (Å²) in [7, 11) is 0. The zero-order valence-corrected chi connectivity index (χ0v) is 15.0. The number of aromatic nitrogens is 3. The summed E-state index contributed by atoms with van der Waals surface area (Å²) in [5, 5.41) is 3.30. The quantitative estimate of drug-likeness (QED) is 0.826. The first-order valence-corrected chi connectivity index (χ1v) is 8.89. The summed E-state index contributed by atoms with van der Waals surface area (Å²) < 4.78 is 5.38. The lowest BCUT2D eigenvalue weighted by Crippen LogP contribution is -2.46. The van der Waals surface area contributed by atoms with Crippen molar-refractivity contribution >= 4 is 11.6 Å². The minimum atomic E-state index is 0.539. The summed E-state index contributed by atoms with van der Waals surface area (Å²) in [6.07, 6.45) is 5.20. The van der Waals surface area contributed by atoms with Crippen LogP contribution >= 0.6 is 0 Å². The zero-order valence-electron chi connectivity index (χ0n) is 15.0. The van der Waals surface area contributed by atoms with Gasteiger partial charge in [0, 0.05) is 38.9 Å². The number of piperazine rings is 1. The number of rotatable bonds is 7. The molecule has 1 N–H and O–H groups in total. The number of anilines is 2. The van der Waals surface area contributed by atoms with E-state index in [1.165, 1.54) is 5.56 Å². The van der Waals surface area contributed by atoms with Gasteiger partial charge in [0.25, 0.3) is 0 Å². The normalized spacial score (nSPS) is 15.2. The fourth-order valence-corrected chi connectivity index (χ4v) is 2.88. The van der Waals surface area contributed by atoms with E-state index in [9.17, 15) is 0 Å². The molecule has 0 radical (unpaired) electrons. The van der Waals surface area contributed by atoms with E-state index in [-0.39, 0.29) is 0 Å².